The molecule has 3 heterocycles. The third kappa shape index (κ3) is 5.43. The van der Waals surface area contributed by atoms with Crippen LogP contribution in [0.4, 0.5) is 16.2 Å². The lowest BCUT2D eigenvalue weighted by molar-refractivity contribution is 0.0224. The van der Waals surface area contributed by atoms with E-state index in [4.69, 9.17) is 23.9 Å². The average Bonchev–Trinajstić information content (AvgIpc) is 3.38. The quantitative estimate of drug-likeness (QED) is 0.435. The number of rotatable bonds is 5. The summed E-state index contributed by atoms with van der Waals surface area (Å²) in [5.41, 5.74) is 3.74. The highest BCUT2D eigenvalue weighted by molar-refractivity contribution is 5.75. The van der Waals surface area contributed by atoms with E-state index in [1.807, 2.05) is 68.1 Å². The maximum Gasteiger partial charge on any atom is 0.410 e. The highest BCUT2D eigenvalue weighted by atomic mass is 16.6. The summed E-state index contributed by atoms with van der Waals surface area (Å²) in [5, 5.41) is 3.43. The van der Waals surface area contributed by atoms with Gasteiger partial charge in [0, 0.05) is 17.8 Å². The zero-order valence-electron chi connectivity index (χ0n) is 21.7. The normalized spacial score (nSPS) is 16.9. The summed E-state index contributed by atoms with van der Waals surface area (Å²) >= 11 is 0. The first-order chi connectivity index (χ1) is 17.8. The first-order valence-corrected chi connectivity index (χ1v) is 12.6. The lowest BCUT2D eigenvalue weighted by atomic mass is 10.0. The van der Waals surface area contributed by atoms with Crippen LogP contribution in [-0.4, -0.2) is 48.4 Å². The number of benzene rings is 2. The number of nitrogens with zero attached hydrogens (tertiary/aromatic N) is 2. The molecular formula is C29H33N3O5. The van der Waals surface area contributed by atoms with Crippen molar-refractivity contribution in [3.63, 3.8) is 0 Å². The number of aromatic nitrogens is 1. The van der Waals surface area contributed by atoms with E-state index in [0.717, 1.165) is 46.8 Å². The molecule has 194 valence electrons. The molecular weight excluding hydrogens is 470 g/mol. The predicted molar refractivity (Wildman–Crippen MR) is 142 cm³/mol. The van der Waals surface area contributed by atoms with Crippen molar-refractivity contribution in [2.45, 2.75) is 45.3 Å². The molecule has 2 aliphatic rings. The number of carbonyl (C=O) groups excluding carboxylic acids is 1. The highest BCUT2D eigenvalue weighted by Crippen LogP contribution is 2.41. The van der Waals surface area contributed by atoms with Gasteiger partial charge in [-0.3, -0.25) is 0 Å². The van der Waals surface area contributed by atoms with Gasteiger partial charge in [-0.05, 0) is 75.6 Å². The molecule has 0 aliphatic carbocycles. The molecule has 2 aliphatic heterocycles. The summed E-state index contributed by atoms with van der Waals surface area (Å²) < 4.78 is 22.9. The number of methoxy groups -OCH3 is 1. The number of pyridine rings is 1. The van der Waals surface area contributed by atoms with E-state index in [1.165, 1.54) is 0 Å². The third-order valence-electron chi connectivity index (χ3n) is 6.33. The number of ether oxygens (including phenoxy) is 4. The first-order valence-electron chi connectivity index (χ1n) is 12.6. The van der Waals surface area contributed by atoms with E-state index in [2.05, 4.69) is 17.4 Å². The van der Waals surface area contributed by atoms with Gasteiger partial charge in [-0.2, -0.15) is 0 Å². The molecule has 8 heteroatoms. The van der Waals surface area contributed by atoms with E-state index in [1.54, 1.807) is 7.11 Å². The molecule has 0 bridgehead atoms. The van der Waals surface area contributed by atoms with Crippen LogP contribution in [-0.2, 0) is 4.74 Å². The molecule has 37 heavy (non-hydrogen) atoms. The highest BCUT2D eigenvalue weighted by Gasteiger charge is 2.33. The van der Waals surface area contributed by atoms with Crippen molar-refractivity contribution in [3.05, 3.63) is 60.2 Å². The van der Waals surface area contributed by atoms with E-state index >= 15 is 0 Å². The zero-order chi connectivity index (χ0) is 26.0. The molecule has 1 fully saturated rings. The summed E-state index contributed by atoms with van der Waals surface area (Å²) in [6.45, 7) is 7.39. The van der Waals surface area contributed by atoms with Gasteiger partial charge in [0.25, 0.3) is 0 Å². The smallest absolute Gasteiger partial charge is 0.410 e. The summed E-state index contributed by atoms with van der Waals surface area (Å²) in [6, 6.07) is 17.7. The molecule has 1 atom stereocenters. The second-order valence-corrected chi connectivity index (χ2v) is 10.2. The van der Waals surface area contributed by atoms with Gasteiger partial charge in [0.05, 0.1) is 18.8 Å². The second-order valence-electron chi connectivity index (χ2n) is 10.2. The van der Waals surface area contributed by atoms with Crippen molar-refractivity contribution in [2.75, 3.05) is 32.2 Å². The maximum absolute atomic E-state index is 12.8. The van der Waals surface area contributed by atoms with Crippen LogP contribution in [0.1, 0.15) is 45.2 Å². The van der Waals surface area contributed by atoms with Crippen LogP contribution in [0.2, 0.25) is 0 Å². The second kappa shape index (κ2) is 10.2. The van der Waals surface area contributed by atoms with Gasteiger partial charge >= 0.3 is 6.09 Å². The minimum Gasteiger partial charge on any atom is -0.486 e. The molecule has 0 unspecified atom stereocenters. The molecule has 1 amide bonds. The lowest BCUT2D eigenvalue weighted by Gasteiger charge is -2.29. The fourth-order valence-corrected chi connectivity index (χ4v) is 4.75. The molecule has 1 aromatic heterocycles. The molecule has 2 aromatic carbocycles. The molecule has 5 rings (SSSR count). The van der Waals surface area contributed by atoms with Gasteiger partial charge in [0.1, 0.15) is 24.5 Å². The summed E-state index contributed by atoms with van der Waals surface area (Å²) in [5.74, 6) is 1.88. The molecule has 0 radical (unpaired) electrons. The molecule has 3 aromatic rings. The van der Waals surface area contributed by atoms with Gasteiger partial charge < -0.3 is 29.2 Å². The number of carbonyl (C=O) groups is 1. The van der Waals surface area contributed by atoms with Crippen molar-refractivity contribution in [1.29, 1.82) is 0 Å². The Kier molecular flexibility index (Phi) is 6.82. The Morgan fingerprint density at radius 2 is 1.89 bits per heavy atom. The number of nitrogens with one attached hydrogen (secondary N) is 1. The van der Waals surface area contributed by atoms with Gasteiger partial charge in [-0.15, -0.1) is 0 Å². The number of hydrogen-bond acceptors (Lipinski definition) is 7. The van der Waals surface area contributed by atoms with Crippen molar-refractivity contribution in [2.24, 2.45) is 0 Å². The van der Waals surface area contributed by atoms with Crippen LogP contribution in [0.15, 0.2) is 54.6 Å². The van der Waals surface area contributed by atoms with E-state index in [9.17, 15) is 4.79 Å². The molecule has 0 saturated carbocycles. The fraction of sp³-hybridized carbons (Fsp3) is 0.379. The van der Waals surface area contributed by atoms with Crippen LogP contribution in [0.5, 0.6) is 17.4 Å². The van der Waals surface area contributed by atoms with E-state index in [0.29, 0.717) is 31.4 Å². The summed E-state index contributed by atoms with van der Waals surface area (Å²) in [7, 11) is 1.60. The van der Waals surface area contributed by atoms with Crippen molar-refractivity contribution < 1.29 is 23.7 Å². The van der Waals surface area contributed by atoms with Crippen LogP contribution in [0.25, 0.3) is 11.3 Å². The van der Waals surface area contributed by atoms with Gasteiger partial charge in [0.15, 0.2) is 11.5 Å². The number of hydrogen-bond donors (Lipinski definition) is 1. The lowest BCUT2D eigenvalue weighted by Crippen LogP contribution is -2.36. The van der Waals surface area contributed by atoms with Crippen LogP contribution in [0.3, 0.4) is 0 Å². The Balaban J connectivity index is 1.37. The molecule has 1 saturated heterocycles. The Labute approximate surface area is 217 Å². The van der Waals surface area contributed by atoms with Crippen LogP contribution < -0.4 is 19.5 Å². The number of fused-ring (bicyclic) bond motifs is 1. The largest absolute Gasteiger partial charge is 0.486 e. The van der Waals surface area contributed by atoms with Crippen molar-refractivity contribution in [3.8, 4) is 28.6 Å². The molecule has 1 N–H and O–H groups in total. The SMILES string of the molecule is COc1nc(-c2cccc3c2OCCO3)ccc1Nc1cccc([C@H]2CCCN2C(=O)OC(C)(C)C)c1. The Bertz CT molecular complexity index is 1290. The first kappa shape index (κ1) is 24.7. The van der Waals surface area contributed by atoms with E-state index in [-0.39, 0.29) is 12.1 Å². The summed E-state index contributed by atoms with van der Waals surface area (Å²) in [6.07, 6.45) is 1.57. The number of amides is 1. The monoisotopic (exact) mass is 503 g/mol. The van der Waals surface area contributed by atoms with Gasteiger partial charge in [-0.25, -0.2) is 9.78 Å². The average molecular weight is 504 g/mol. The maximum atomic E-state index is 12.8. The Morgan fingerprint density at radius 3 is 2.70 bits per heavy atom. The summed E-state index contributed by atoms with van der Waals surface area (Å²) in [4.78, 5) is 19.4. The topological polar surface area (TPSA) is 82.2 Å². The fourth-order valence-electron chi connectivity index (χ4n) is 4.75. The third-order valence-corrected chi connectivity index (χ3v) is 6.33. The van der Waals surface area contributed by atoms with Crippen molar-refractivity contribution in [1.82, 2.24) is 9.88 Å². The Morgan fingerprint density at radius 1 is 1.08 bits per heavy atom. The van der Waals surface area contributed by atoms with Gasteiger partial charge in [0.2, 0.25) is 5.88 Å². The van der Waals surface area contributed by atoms with E-state index < -0.39 is 5.60 Å². The zero-order valence-corrected chi connectivity index (χ0v) is 21.7. The molecule has 8 nitrogen and oxygen atoms in total. The standard InChI is InChI=1S/C29H33N3O5/c1-29(2,3)37-28(33)32-15-7-11-24(32)19-8-5-9-20(18-19)30-23-14-13-22(31-27(23)34-4)21-10-6-12-25-26(21)36-17-16-35-25/h5-6,8-10,12-14,18,24,30H,7,11,15-17H2,1-4H3/t24-/m1/s1. The minimum absolute atomic E-state index is 0.0227. The van der Waals surface area contributed by atoms with Crippen LogP contribution >= 0.6 is 0 Å². The van der Waals surface area contributed by atoms with Crippen LogP contribution in [0, 0.1) is 0 Å². The molecule has 0 spiro atoms. The minimum atomic E-state index is -0.526. The number of para-hydroxylation sites is 1. The van der Waals surface area contributed by atoms with Gasteiger partial charge in [-0.1, -0.05) is 18.2 Å². The van der Waals surface area contributed by atoms with Crippen molar-refractivity contribution >= 4 is 17.5 Å². The number of anilines is 2. The predicted octanol–water partition coefficient (Wildman–Crippen LogP) is 6.34. The number of likely N-dealkylation sites (tertiary alicyclic amines) is 1. The Hall–Kier alpha value is -3.94.